The average molecular weight is 1010 g/mol. The summed E-state index contributed by atoms with van der Waals surface area (Å²) in [5.41, 5.74) is 17.4. The van der Waals surface area contributed by atoms with Crippen molar-refractivity contribution in [1.29, 1.82) is 0 Å². The van der Waals surface area contributed by atoms with Gasteiger partial charge in [0.05, 0.1) is 19.0 Å². The first-order chi connectivity index (χ1) is 32.5. The fourth-order valence-corrected chi connectivity index (χ4v) is 9.59. The first-order valence-electron chi connectivity index (χ1n) is 22.5. The van der Waals surface area contributed by atoms with Crippen LogP contribution >= 0.6 is 21.6 Å². The molecular weight excluding hydrogens is 943 g/mol. The van der Waals surface area contributed by atoms with Crippen LogP contribution in [0.5, 0.6) is 5.75 Å². The molecular formula is C43H65N11O13S2. The second-order valence-corrected chi connectivity index (χ2v) is 19.9. The van der Waals surface area contributed by atoms with Crippen molar-refractivity contribution in [2.45, 2.75) is 127 Å². The smallest absolute Gasteiger partial charge is 0.305 e. The number of carboxylic acid groups (broad SMARTS) is 1. The van der Waals surface area contributed by atoms with E-state index in [1.165, 1.54) is 29.2 Å². The van der Waals surface area contributed by atoms with E-state index in [0.717, 1.165) is 21.6 Å². The van der Waals surface area contributed by atoms with Crippen molar-refractivity contribution < 1.29 is 63.0 Å². The van der Waals surface area contributed by atoms with Crippen LogP contribution in [0.15, 0.2) is 24.3 Å². The Bertz CT molecular complexity index is 2050. The molecule has 0 aliphatic carbocycles. The van der Waals surface area contributed by atoms with Gasteiger partial charge in [-0.05, 0) is 55.2 Å². The van der Waals surface area contributed by atoms with Crippen LogP contribution in [-0.4, -0.2) is 153 Å². The molecule has 26 heteroatoms. The fraction of sp³-hybridized carbons (Fsp3) is 0.605. The Balaban J connectivity index is 2.05. The number of carbonyl (C=O) groups is 11. The summed E-state index contributed by atoms with van der Waals surface area (Å²) in [5, 5.41) is 37.3. The maximum atomic E-state index is 14.5. The lowest BCUT2D eigenvalue weighted by Crippen LogP contribution is -2.61. The number of nitrogens with one attached hydrogen (secondary N) is 7. The molecule has 2 aliphatic rings. The van der Waals surface area contributed by atoms with Crippen molar-refractivity contribution in [2.75, 3.05) is 24.6 Å². The van der Waals surface area contributed by atoms with Gasteiger partial charge in [-0.15, -0.1) is 0 Å². The second kappa shape index (κ2) is 27.7. The Labute approximate surface area is 407 Å². The van der Waals surface area contributed by atoms with E-state index in [2.05, 4.69) is 37.2 Å². The van der Waals surface area contributed by atoms with Crippen LogP contribution in [0.4, 0.5) is 0 Å². The molecule has 69 heavy (non-hydrogen) atoms. The van der Waals surface area contributed by atoms with E-state index in [1.54, 1.807) is 27.7 Å². The number of rotatable bonds is 17. The molecule has 2 saturated heterocycles. The topological polar surface area (TPSA) is 394 Å². The largest absolute Gasteiger partial charge is 0.508 e. The standard InChI is InChI=1S/C43H65N11O13S2/c1-5-22(4)35-42(66)48-26(12-13-32(45)56)38(62)50-29(17-34(58)59)39(63)52-30(20-69-68-19-25(44)36(60)49-28(40(64)53-35)16-23-8-10-24(55)11-9-23)43(67)54-14-6-7-31(54)41(65)51-27(15-21(2)3)37(61)47-18-33(46)57/h8-11,21-22,25-31,35,55H,5-7,12-20,44H2,1-4H3,(H2,45,56)(H2,46,57)(H,47,61)(H,48,66)(H,49,60)(H,50,62)(H,51,65)(H,52,63)(H,53,64)(H,58,59)/t22-,25-,26-,27-,28-,29-,30-,31-,35?/m0/s1. The maximum Gasteiger partial charge on any atom is 0.305 e. The summed E-state index contributed by atoms with van der Waals surface area (Å²) in [6.07, 6.45) is -1.04. The first-order valence-corrected chi connectivity index (χ1v) is 25.0. The first kappa shape index (κ1) is 57.2. The van der Waals surface area contributed by atoms with Crippen molar-refractivity contribution in [3.8, 4) is 5.75 Å². The molecule has 9 atom stereocenters. The Kier molecular flexibility index (Phi) is 23.0. The molecule has 0 spiro atoms. The number of hydrogen-bond acceptors (Lipinski definition) is 15. The molecule has 3 rings (SSSR count). The highest BCUT2D eigenvalue weighted by molar-refractivity contribution is 8.76. The number of hydrogen-bond donors (Lipinski definition) is 12. The van der Waals surface area contributed by atoms with Gasteiger partial charge in [0.25, 0.3) is 0 Å². The van der Waals surface area contributed by atoms with Crippen molar-refractivity contribution in [3.05, 3.63) is 29.8 Å². The zero-order valence-corrected chi connectivity index (χ0v) is 40.6. The highest BCUT2D eigenvalue weighted by Crippen LogP contribution is 2.26. The molecule has 2 fully saturated rings. The monoisotopic (exact) mass is 1010 g/mol. The highest BCUT2D eigenvalue weighted by atomic mass is 33.1. The second-order valence-electron chi connectivity index (χ2n) is 17.3. The summed E-state index contributed by atoms with van der Waals surface area (Å²) in [5.74, 6) is -11.2. The third-order valence-corrected chi connectivity index (χ3v) is 13.7. The zero-order chi connectivity index (χ0) is 51.5. The molecule has 382 valence electrons. The van der Waals surface area contributed by atoms with Crippen LogP contribution in [0.3, 0.4) is 0 Å². The third-order valence-electron chi connectivity index (χ3n) is 11.3. The summed E-state index contributed by atoms with van der Waals surface area (Å²) in [7, 11) is 2.00. The van der Waals surface area contributed by atoms with Gasteiger partial charge < -0.3 is 69.5 Å². The Morgan fingerprint density at radius 3 is 2.03 bits per heavy atom. The minimum absolute atomic E-state index is 0.0297. The van der Waals surface area contributed by atoms with E-state index in [4.69, 9.17) is 17.2 Å². The summed E-state index contributed by atoms with van der Waals surface area (Å²) in [6, 6.07) is -5.36. The van der Waals surface area contributed by atoms with Crippen LogP contribution in [0.1, 0.15) is 78.2 Å². The lowest BCUT2D eigenvalue weighted by atomic mass is 9.96. The molecule has 15 N–H and O–H groups in total. The Morgan fingerprint density at radius 1 is 0.812 bits per heavy atom. The quantitative estimate of drug-likeness (QED) is 0.0692. The third kappa shape index (κ3) is 18.7. The van der Waals surface area contributed by atoms with Crippen LogP contribution in [-0.2, 0) is 59.2 Å². The van der Waals surface area contributed by atoms with E-state index in [-0.39, 0.29) is 49.0 Å². The number of aliphatic carboxylic acids is 1. The molecule has 1 unspecified atom stereocenters. The predicted octanol–water partition coefficient (Wildman–Crippen LogP) is -3.01. The number of aromatic hydroxyl groups is 1. The van der Waals surface area contributed by atoms with Gasteiger partial charge in [-0.25, -0.2) is 0 Å². The Morgan fingerprint density at radius 2 is 1.42 bits per heavy atom. The molecule has 1 aromatic rings. The number of nitrogens with zero attached hydrogens (tertiary/aromatic N) is 1. The van der Waals surface area contributed by atoms with Crippen molar-refractivity contribution >= 4 is 86.6 Å². The molecule has 0 bridgehead atoms. The number of amides is 10. The Hall–Kier alpha value is -6.15. The minimum atomic E-state index is -1.88. The average Bonchev–Trinajstić information content (AvgIpc) is 3.78. The lowest BCUT2D eigenvalue weighted by Gasteiger charge is -2.31. The van der Waals surface area contributed by atoms with Gasteiger partial charge in [0.2, 0.25) is 59.1 Å². The van der Waals surface area contributed by atoms with Crippen LogP contribution in [0.25, 0.3) is 0 Å². The number of nitrogens with two attached hydrogens (primary N) is 3. The van der Waals surface area contributed by atoms with E-state index >= 15 is 0 Å². The van der Waals surface area contributed by atoms with Gasteiger partial charge in [-0.2, -0.15) is 0 Å². The van der Waals surface area contributed by atoms with E-state index in [1.807, 2.05) is 0 Å². The van der Waals surface area contributed by atoms with Crippen LogP contribution in [0, 0.1) is 11.8 Å². The molecule has 0 saturated carbocycles. The van der Waals surface area contributed by atoms with Crippen LogP contribution < -0.4 is 54.4 Å². The summed E-state index contributed by atoms with van der Waals surface area (Å²) in [4.78, 5) is 148. The lowest BCUT2D eigenvalue weighted by molar-refractivity contribution is -0.143. The number of phenols is 1. The van der Waals surface area contributed by atoms with Gasteiger partial charge in [-0.3, -0.25) is 52.7 Å². The van der Waals surface area contributed by atoms with E-state index in [0.29, 0.717) is 18.4 Å². The van der Waals surface area contributed by atoms with E-state index in [9.17, 15) is 63.0 Å². The maximum absolute atomic E-state index is 14.5. The highest BCUT2D eigenvalue weighted by Gasteiger charge is 2.41. The van der Waals surface area contributed by atoms with Gasteiger partial charge >= 0.3 is 5.97 Å². The zero-order valence-electron chi connectivity index (χ0n) is 38.9. The molecule has 2 aliphatic heterocycles. The molecule has 0 radical (unpaired) electrons. The predicted molar refractivity (Wildman–Crippen MR) is 253 cm³/mol. The minimum Gasteiger partial charge on any atom is -0.508 e. The number of phenolic OH excluding ortho intramolecular Hbond substituents is 1. The van der Waals surface area contributed by atoms with E-state index < -0.39 is 145 Å². The number of benzene rings is 1. The van der Waals surface area contributed by atoms with Crippen molar-refractivity contribution in [1.82, 2.24) is 42.1 Å². The van der Waals surface area contributed by atoms with Crippen molar-refractivity contribution in [3.63, 3.8) is 0 Å². The summed E-state index contributed by atoms with van der Waals surface area (Å²) < 4.78 is 0. The molecule has 10 amide bonds. The number of primary amides is 2. The fourth-order valence-electron chi connectivity index (χ4n) is 7.32. The number of likely N-dealkylation sites (tertiary alicyclic amines) is 1. The molecule has 24 nitrogen and oxygen atoms in total. The summed E-state index contributed by atoms with van der Waals surface area (Å²) >= 11 is 0. The normalized spacial score (nSPS) is 24.3. The van der Waals surface area contributed by atoms with Gasteiger partial charge in [0.15, 0.2) is 0 Å². The number of carboxylic acids is 1. The number of carbonyl (C=O) groups excluding carboxylic acids is 10. The van der Waals surface area contributed by atoms with Gasteiger partial charge in [0, 0.05) is 30.9 Å². The SMILES string of the molecule is CC[C@H](C)C1NC(=O)[C@H](Cc2ccc(O)cc2)NC(=O)[C@@H](N)CSSC[C@@H](C(=O)N2CCC[C@H]2C(=O)N[C@@H](CC(C)C)C(=O)NCC(N)=O)NC(=O)[C@H](CC(=O)O)NC(=O)[C@H](CCC(N)=O)NC1=O. The van der Waals surface area contributed by atoms with Crippen molar-refractivity contribution in [2.24, 2.45) is 29.0 Å². The summed E-state index contributed by atoms with van der Waals surface area (Å²) in [6.45, 7) is 6.53. The van der Waals surface area contributed by atoms with Gasteiger partial charge in [0.1, 0.15) is 48.0 Å². The molecule has 2 heterocycles. The molecule has 1 aromatic carbocycles. The van der Waals surface area contributed by atoms with Gasteiger partial charge in [-0.1, -0.05) is 67.8 Å². The molecule has 0 aromatic heterocycles. The van der Waals surface area contributed by atoms with Crippen LogP contribution in [0.2, 0.25) is 0 Å².